The zero-order valence-electron chi connectivity index (χ0n) is 13.2. The van der Waals surface area contributed by atoms with Crippen LogP contribution in [0.2, 0.25) is 0 Å². The zero-order chi connectivity index (χ0) is 17.3. The number of aliphatic hydroxyl groups excluding tert-OH is 1. The van der Waals surface area contributed by atoms with Gasteiger partial charge in [0.1, 0.15) is 11.9 Å². The molecule has 2 heterocycles. The average Bonchev–Trinajstić information content (AvgIpc) is 3.13. The summed E-state index contributed by atoms with van der Waals surface area (Å²) in [5, 5.41) is 21.9. The Morgan fingerprint density at radius 1 is 1.33 bits per heavy atom. The van der Waals surface area contributed by atoms with Crippen molar-refractivity contribution in [1.29, 1.82) is 0 Å². The molecule has 0 aliphatic rings. The molecule has 0 unspecified atom stereocenters. The van der Waals surface area contributed by atoms with Crippen molar-refractivity contribution >= 4 is 5.91 Å². The first kappa shape index (κ1) is 16.0. The van der Waals surface area contributed by atoms with Gasteiger partial charge >= 0.3 is 5.91 Å². The summed E-state index contributed by atoms with van der Waals surface area (Å²) < 4.78 is 16.2. The summed E-state index contributed by atoms with van der Waals surface area (Å²) in [6, 6.07) is 7.74. The van der Waals surface area contributed by atoms with Crippen molar-refractivity contribution in [3.05, 3.63) is 65.0 Å². The quantitative estimate of drug-likeness (QED) is 0.786. The second kappa shape index (κ2) is 6.32. The van der Waals surface area contributed by atoms with E-state index in [1.807, 2.05) is 0 Å². The highest BCUT2D eigenvalue weighted by Gasteiger charge is 2.18. The molecule has 0 saturated carbocycles. The van der Waals surface area contributed by atoms with Crippen molar-refractivity contribution in [1.82, 2.24) is 24.8 Å². The lowest BCUT2D eigenvalue weighted by Crippen LogP contribution is -2.16. The van der Waals surface area contributed by atoms with Gasteiger partial charge in [0.15, 0.2) is 5.69 Å². The molecule has 0 fully saturated rings. The number of benzene rings is 1. The molecule has 0 spiro atoms. The molecule has 1 aromatic carbocycles. The van der Waals surface area contributed by atoms with Gasteiger partial charge in [-0.2, -0.15) is 9.78 Å². The van der Waals surface area contributed by atoms with Crippen molar-refractivity contribution in [3.63, 3.8) is 0 Å². The Bertz CT molecular complexity index is 886. The van der Waals surface area contributed by atoms with Crippen LogP contribution in [-0.2, 0) is 6.54 Å². The maximum absolute atomic E-state index is 13.7. The fourth-order valence-electron chi connectivity index (χ4n) is 2.45. The molecule has 0 radical (unpaired) electrons. The fraction of sp³-hybridized carbons (Fsp3) is 0.250. The molecule has 1 N–H and O–H groups in total. The number of aromatic nitrogens is 5. The number of carbonyl (C=O) groups is 1. The number of aliphatic hydroxyl groups is 1. The molecule has 8 heteroatoms. The number of nitrogens with zero attached hydrogens (tertiary/aromatic N) is 5. The summed E-state index contributed by atoms with van der Waals surface area (Å²) in [5.74, 6) is -0.906. The van der Waals surface area contributed by atoms with E-state index in [0.717, 1.165) is 5.69 Å². The van der Waals surface area contributed by atoms with E-state index in [0.29, 0.717) is 5.69 Å². The molecule has 0 saturated heterocycles. The topological polar surface area (TPSA) is 85.8 Å². The number of rotatable bonds is 4. The van der Waals surface area contributed by atoms with E-state index >= 15 is 0 Å². The Morgan fingerprint density at radius 2 is 2.08 bits per heavy atom. The van der Waals surface area contributed by atoms with E-state index in [1.54, 1.807) is 32.0 Å². The Morgan fingerprint density at radius 3 is 2.75 bits per heavy atom. The summed E-state index contributed by atoms with van der Waals surface area (Å²) in [4.78, 5) is 12.4. The highest BCUT2D eigenvalue weighted by atomic mass is 19.1. The van der Waals surface area contributed by atoms with E-state index in [-0.39, 0.29) is 17.8 Å². The minimum Gasteiger partial charge on any atom is -0.386 e. The van der Waals surface area contributed by atoms with Gasteiger partial charge in [-0.25, -0.2) is 9.07 Å². The van der Waals surface area contributed by atoms with Crippen LogP contribution in [0.15, 0.2) is 36.5 Å². The van der Waals surface area contributed by atoms with E-state index in [4.69, 9.17) is 0 Å². The van der Waals surface area contributed by atoms with Gasteiger partial charge in [-0.1, -0.05) is 23.4 Å². The zero-order valence-corrected chi connectivity index (χ0v) is 13.2. The lowest BCUT2D eigenvalue weighted by atomic mass is 10.1. The Balaban J connectivity index is 1.77. The van der Waals surface area contributed by atoms with Crippen LogP contribution in [0.5, 0.6) is 0 Å². The SMILES string of the molecule is Cc1cc(C)n(C(=O)c2cn(C[C@H](O)c3ccccc3F)nn2)n1. The summed E-state index contributed by atoms with van der Waals surface area (Å²) in [6.07, 6.45) is 0.313. The first-order valence-electron chi connectivity index (χ1n) is 7.36. The van der Waals surface area contributed by atoms with Crippen LogP contribution in [0.1, 0.15) is 33.5 Å². The van der Waals surface area contributed by atoms with E-state index < -0.39 is 17.8 Å². The summed E-state index contributed by atoms with van der Waals surface area (Å²) in [7, 11) is 0. The third kappa shape index (κ3) is 3.09. The highest BCUT2D eigenvalue weighted by molar-refractivity contribution is 5.93. The number of halogens is 1. The highest BCUT2D eigenvalue weighted by Crippen LogP contribution is 2.18. The van der Waals surface area contributed by atoms with Crippen LogP contribution in [-0.4, -0.2) is 35.8 Å². The van der Waals surface area contributed by atoms with Crippen molar-refractivity contribution in [2.24, 2.45) is 0 Å². The summed E-state index contributed by atoms with van der Waals surface area (Å²) in [6.45, 7) is 3.54. The average molecular weight is 329 g/mol. The van der Waals surface area contributed by atoms with Crippen LogP contribution in [0.3, 0.4) is 0 Å². The van der Waals surface area contributed by atoms with Crippen LogP contribution >= 0.6 is 0 Å². The second-order valence-corrected chi connectivity index (χ2v) is 5.51. The monoisotopic (exact) mass is 329 g/mol. The maximum Gasteiger partial charge on any atom is 0.300 e. The van der Waals surface area contributed by atoms with Gasteiger partial charge in [0.2, 0.25) is 0 Å². The minimum absolute atomic E-state index is 0.0155. The van der Waals surface area contributed by atoms with Crippen molar-refractivity contribution < 1.29 is 14.3 Å². The van der Waals surface area contributed by atoms with E-state index in [1.165, 1.54) is 27.7 Å². The molecule has 3 rings (SSSR count). The molecule has 0 amide bonds. The van der Waals surface area contributed by atoms with Crippen LogP contribution in [0.25, 0.3) is 0 Å². The molecule has 0 aliphatic heterocycles. The van der Waals surface area contributed by atoms with Crippen molar-refractivity contribution in [2.45, 2.75) is 26.5 Å². The Kier molecular flexibility index (Phi) is 4.22. The van der Waals surface area contributed by atoms with Gasteiger partial charge in [0.25, 0.3) is 0 Å². The van der Waals surface area contributed by atoms with Gasteiger partial charge < -0.3 is 5.11 Å². The molecular formula is C16H16FN5O2. The first-order chi connectivity index (χ1) is 11.5. The maximum atomic E-state index is 13.7. The molecule has 2 aromatic heterocycles. The molecular weight excluding hydrogens is 313 g/mol. The minimum atomic E-state index is -1.09. The predicted molar refractivity (Wildman–Crippen MR) is 82.8 cm³/mol. The number of aryl methyl sites for hydroxylation is 2. The molecule has 7 nitrogen and oxygen atoms in total. The number of hydrogen-bond donors (Lipinski definition) is 1. The van der Waals surface area contributed by atoms with Crippen LogP contribution < -0.4 is 0 Å². The van der Waals surface area contributed by atoms with E-state index in [2.05, 4.69) is 15.4 Å². The van der Waals surface area contributed by atoms with Gasteiger partial charge in [-0.3, -0.25) is 4.79 Å². The fourth-order valence-corrected chi connectivity index (χ4v) is 2.45. The normalized spacial score (nSPS) is 12.3. The predicted octanol–water partition coefficient (Wildman–Crippen LogP) is 1.65. The first-order valence-corrected chi connectivity index (χ1v) is 7.36. The lowest BCUT2D eigenvalue weighted by molar-refractivity contribution is 0.0937. The third-order valence-corrected chi connectivity index (χ3v) is 3.58. The summed E-state index contributed by atoms with van der Waals surface area (Å²) >= 11 is 0. The second-order valence-electron chi connectivity index (χ2n) is 5.51. The number of carbonyl (C=O) groups excluding carboxylic acids is 1. The number of hydrogen-bond acceptors (Lipinski definition) is 5. The molecule has 0 bridgehead atoms. The van der Waals surface area contributed by atoms with Crippen molar-refractivity contribution in [3.8, 4) is 0 Å². The molecule has 0 aliphatic carbocycles. The van der Waals surface area contributed by atoms with E-state index in [9.17, 15) is 14.3 Å². The molecule has 124 valence electrons. The smallest absolute Gasteiger partial charge is 0.300 e. The Labute approximate surface area is 137 Å². The van der Waals surface area contributed by atoms with Crippen molar-refractivity contribution in [2.75, 3.05) is 0 Å². The van der Waals surface area contributed by atoms with Gasteiger partial charge in [0.05, 0.1) is 18.4 Å². The molecule has 24 heavy (non-hydrogen) atoms. The van der Waals surface area contributed by atoms with Gasteiger partial charge in [-0.05, 0) is 26.0 Å². The Hall–Kier alpha value is -2.87. The van der Waals surface area contributed by atoms with Gasteiger partial charge in [0, 0.05) is 11.3 Å². The third-order valence-electron chi connectivity index (χ3n) is 3.58. The van der Waals surface area contributed by atoms with Crippen LogP contribution in [0.4, 0.5) is 4.39 Å². The molecule has 1 atom stereocenters. The van der Waals surface area contributed by atoms with Crippen LogP contribution in [0, 0.1) is 19.7 Å². The standard InChI is InChI=1S/C16H16FN5O2/c1-10-7-11(2)22(19-10)16(24)14-8-21(20-18-14)9-15(23)12-5-3-4-6-13(12)17/h3-8,15,23H,9H2,1-2H3/t15-/m0/s1. The largest absolute Gasteiger partial charge is 0.386 e. The lowest BCUT2D eigenvalue weighted by Gasteiger charge is -2.11. The molecule has 3 aromatic rings. The summed E-state index contributed by atoms with van der Waals surface area (Å²) in [5.41, 5.74) is 1.68. The van der Waals surface area contributed by atoms with Gasteiger partial charge in [-0.15, -0.1) is 5.10 Å².